The van der Waals surface area contributed by atoms with Gasteiger partial charge in [-0.2, -0.15) is 0 Å². The van der Waals surface area contributed by atoms with Gasteiger partial charge in [-0.1, -0.05) is 62.4 Å². The molecule has 184 valence electrons. The number of rotatable bonds is 7. The highest BCUT2D eigenvalue weighted by molar-refractivity contribution is 5.91. The van der Waals surface area contributed by atoms with Crippen LogP contribution < -0.4 is 5.32 Å². The third-order valence-corrected chi connectivity index (χ3v) is 8.39. The molecule has 3 atom stereocenters. The molecule has 7 nitrogen and oxygen atoms in total. The zero-order valence-corrected chi connectivity index (χ0v) is 20.2. The average molecular weight is 477 g/mol. The van der Waals surface area contributed by atoms with E-state index in [0.717, 1.165) is 28.7 Å². The number of fused-ring (bicyclic) bond motifs is 5. The van der Waals surface area contributed by atoms with Gasteiger partial charge in [0, 0.05) is 18.0 Å². The summed E-state index contributed by atoms with van der Waals surface area (Å²) in [7, 11) is 0. The van der Waals surface area contributed by atoms with Crippen molar-refractivity contribution < 1.29 is 24.2 Å². The number of hydrogen-bond donors (Lipinski definition) is 2. The smallest absolute Gasteiger partial charge is 0.408 e. The van der Waals surface area contributed by atoms with Crippen LogP contribution in [0.3, 0.4) is 0 Å². The molecule has 35 heavy (non-hydrogen) atoms. The molecule has 2 aliphatic heterocycles. The Bertz CT molecular complexity index is 1110. The van der Waals surface area contributed by atoms with Crippen molar-refractivity contribution in [1.82, 2.24) is 10.2 Å². The molecule has 3 aliphatic rings. The molecule has 2 N–H and O–H groups in total. The molecule has 0 spiro atoms. The number of aliphatic carboxylic acids is 1. The first-order valence-corrected chi connectivity index (χ1v) is 12.6. The maximum atomic E-state index is 13.7. The Hall–Kier alpha value is -3.35. The molecule has 2 heterocycles. The molecular weight excluding hydrogens is 444 g/mol. The number of carboxylic acid groups (broad SMARTS) is 1. The number of alkyl carbamates (subject to hydrolysis) is 1. The van der Waals surface area contributed by atoms with Crippen LogP contribution in [-0.2, 0) is 14.3 Å². The molecule has 1 aliphatic carbocycles. The first-order valence-electron chi connectivity index (χ1n) is 12.6. The maximum Gasteiger partial charge on any atom is 0.408 e. The molecule has 2 aromatic rings. The highest BCUT2D eigenvalue weighted by atomic mass is 16.5. The summed E-state index contributed by atoms with van der Waals surface area (Å²) in [6.45, 7) is 3.92. The Balaban J connectivity index is 1.30. The molecule has 5 rings (SSSR count). The van der Waals surface area contributed by atoms with E-state index in [2.05, 4.69) is 29.6 Å². The largest absolute Gasteiger partial charge is 0.481 e. The fraction of sp³-hybridized carbons (Fsp3) is 0.464. The van der Waals surface area contributed by atoms with Crippen LogP contribution in [0.25, 0.3) is 11.1 Å². The van der Waals surface area contributed by atoms with E-state index in [1.807, 2.05) is 38.1 Å². The second-order valence-corrected chi connectivity index (χ2v) is 9.93. The van der Waals surface area contributed by atoms with E-state index in [0.29, 0.717) is 25.7 Å². The van der Waals surface area contributed by atoms with Gasteiger partial charge in [0.15, 0.2) is 0 Å². The molecule has 2 fully saturated rings. The van der Waals surface area contributed by atoms with E-state index >= 15 is 0 Å². The minimum atomic E-state index is -1.11. The van der Waals surface area contributed by atoms with Crippen LogP contribution >= 0.6 is 0 Å². The first kappa shape index (κ1) is 23.4. The van der Waals surface area contributed by atoms with Crippen molar-refractivity contribution in [3.8, 4) is 11.1 Å². The van der Waals surface area contributed by atoms with Crippen molar-refractivity contribution in [2.24, 2.45) is 5.92 Å². The number of amides is 2. The summed E-state index contributed by atoms with van der Waals surface area (Å²) < 4.78 is 5.73. The molecule has 0 unspecified atom stereocenters. The molecule has 7 heteroatoms. The van der Waals surface area contributed by atoms with E-state index in [4.69, 9.17) is 4.74 Å². The zero-order chi connectivity index (χ0) is 24.7. The number of nitrogens with zero attached hydrogens (tertiary/aromatic N) is 1. The predicted octanol–water partition coefficient (Wildman–Crippen LogP) is 4.55. The Morgan fingerprint density at radius 2 is 1.60 bits per heavy atom. The standard InChI is InChI=1S/C28H32N2O5/c1-3-28(4-2,26(33)30-17-13-14-24(30)22(15-17)25(31)32)29-27(34)35-16-23-20-11-7-5-9-18(20)19-10-6-8-12-21(19)23/h5-12,17,22-24H,3-4,13-16H2,1-2H3,(H,29,34)(H,31,32)/t17-,22+,24+/m1/s1. The van der Waals surface area contributed by atoms with Gasteiger partial charge in [0.1, 0.15) is 12.1 Å². The summed E-state index contributed by atoms with van der Waals surface area (Å²) in [5.41, 5.74) is 3.45. The predicted molar refractivity (Wildman–Crippen MR) is 131 cm³/mol. The van der Waals surface area contributed by atoms with E-state index in [1.54, 1.807) is 4.90 Å². The lowest BCUT2D eigenvalue weighted by molar-refractivity contribution is -0.144. The summed E-state index contributed by atoms with van der Waals surface area (Å²) in [6, 6.07) is 15.9. The Morgan fingerprint density at radius 3 is 2.14 bits per heavy atom. The Morgan fingerprint density at radius 1 is 1.00 bits per heavy atom. The second-order valence-electron chi connectivity index (χ2n) is 9.93. The fourth-order valence-corrected chi connectivity index (χ4v) is 6.43. The number of carbonyl (C=O) groups is 3. The number of carboxylic acids is 1. The molecular formula is C28H32N2O5. The summed E-state index contributed by atoms with van der Waals surface area (Å²) in [5, 5.41) is 12.5. The van der Waals surface area contributed by atoms with E-state index in [-0.39, 0.29) is 30.5 Å². The third-order valence-electron chi connectivity index (χ3n) is 8.39. The SMILES string of the molecule is CCC(CC)(NC(=O)OCC1c2ccccc2-c2ccccc21)C(=O)N1[C@@H]2CC[C@H]1[C@@H](C(=O)O)C2. The number of hydrogen-bond acceptors (Lipinski definition) is 4. The van der Waals surface area contributed by atoms with E-state index in [9.17, 15) is 19.5 Å². The van der Waals surface area contributed by atoms with Gasteiger partial charge in [-0.05, 0) is 54.4 Å². The molecule has 2 saturated heterocycles. The van der Waals surface area contributed by atoms with Crippen molar-refractivity contribution >= 4 is 18.0 Å². The lowest BCUT2D eigenvalue weighted by Crippen LogP contribution is -2.60. The van der Waals surface area contributed by atoms with Crippen molar-refractivity contribution in [3.63, 3.8) is 0 Å². The van der Waals surface area contributed by atoms with Crippen LogP contribution in [0.5, 0.6) is 0 Å². The highest BCUT2D eigenvalue weighted by Gasteiger charge is 2.55. The highest BCUT2D eigenvalue weighted by Crippen LogP contribution is 2.45. The van der Waals surface area contributed by atoms with E-state index in [1.165, 1.54) is 0 Å². The lowest BCUT2D eigenvalue weighted by Gasteiger charge is -2.37. The minimum absolute atomic E-state index is 0.0627. The van der Waals surface area contributed by atoms with Gasteiger partial charge in [-0.25, -0.2) is 4.79 Å². The molecule has 2 bridgehead atoms. The summed E-state index contributed by atoms with van der Waals surface area (Å²) in [5.74, 6) is -1.63. The Kier molecular flexibility index (Phi) is 6.03. The van der Waals surface area contributed by atoms with Gasteiger partial charge >= 0.3 is 12.1 Å². The zero-order valence-electron chi connectivity index (χ0n) is 20.2. The van der Waals surface area contributed by atoms with Gasteiger partial charge in [0.05, 0.1) is 5.92 Å². The van der Waals surface area contributed by atoms with Gasteiger partial charge in [0.2, 0.25) is 5.91 Å². The lowest BCUT2D eigenvalue weighted by atomic mass is 9.89. The average Bonchev–Trinajstić information content (AvgIpc) is 3.55. The molecule has 2 amide bonds. The van der Waals surface area contributed by atoms with Crippen LogP contribution in [-0.4, -0.2) is 52.2 Å². The molecule has 2 aromatic carbocycles. The van der Waals surface area contributed by atoms with Gasteiger partial charge < -0.3 is 20.1 Å². The number of ether oxygens (including phenoxy) is 1. The van der Waals surface area contributed by atoms with Crippen LogP contribution in [0.4, 0.5) is 4.79 Å². The van der Waals surface area contributed by atoms with Crippen LogP contribution in [0.2, 0.25) is 0 Å². The van der Waals surface area contributed by atoms with Crippen molar-refractivity contribution in [2.45, 2.75) is 69.5 Å². The number of nitrogens with one attached hydrogen (secondary N) is 1. The summed E-state index contributed by atoms with van der Waals surface area (Å²) >= 11 is 0. The summed E-state index contributed by atoms with van der Waals surface area (Å²) in [6.07, 6.45) is 2.18. The monoisotopic (exact) mass is 476 g/mol. The van der Waals surface area contributed by atoms with Gasteiger partial charge in [-0.3, -0.25) is 9.59 Å². The van der Waals surface area contributed by atoms with Crippen molar-refractivity contribution in [2.75, 3.05) is 6.61 Å². The molecule has 0 radical (unpaired) electrons. The van der Waals surface area contributed by atoms with Crippen molar-refractivity contribution in [3.05, 3.63) is 59.7 Å². The quantitative estimate of drug-likeness (QED) is 0.611. The van der Waals surface area contributed by atoms with Crippen LogP contribution in [0.1, 0.15) is 63.0 Å². The van der Waals surface area contributed by atoms with Crippen LogP contribution in [0.15, 0.2) is 48.5 Å². The van der Waals surface area contributed by atoms with E-state index < -0.39 is 23.5 Å². The molecule has 0 aromatic heterocycles. The fourth-order valence-electron chi connectivity index (χ4n) is 6.43. The summed E-state index contributed by atoms with van der Waals surface area (Å²) in [4.78, 5) is 40.2. The molecule has 0 saturated carbocycles. The normalized spacial score (nSPS) is 22.6. The van der Waals surface area contributed by atoms with Gasteiger partial charge in [-0.15, -0.1) is 0 Å². The maximum absolute atomic E-state index is 13.7. The van der Waals surface area contributed by atoms with Crippen LogP contribution in [0, 0.1) is 5.92 Å². The second kappa shape index (κ2) is 9.02. The van der Waals surface area contributed by atoms with Gasteiger partial charge in [0.25, 0.3) is 0 Å². The number of benzene rings is 2. The number of carbonyl (C=O) groups excluding carboxylic acids is 2. The minimum Gasteiger partial charge on any atom is -0.481 e. The Labute approximate surface area is 205 Å². The van der Waals surface area contributed by atoms with Crippen molar-refractivity contribution in [1.29, 1.82) is 0 Å². The third kappa shape index (κ3) is 3.77. The first-order chi connectivity index (χ1) is 16.9. The topological polar surface area (TPSA) is 95.9 Å².